The van der Waals surface area contributed by atoms with Crippen LogP contribution in [0.15, 0.2) is 12.7 Å². The lowest BCUT2D eigenvalue weighted by Gasteiger charge is -2.30. The van der Waals surface area contributed by atoms with E-state index in [1.807, 2.05) is 0 Å². The van der Waals surface area contributed by atoms with Gasteiger partial charge in [-0.05, 0) is 13.8 Å². The molecule has 3 aliphatic rings. The molecule has 5 atom stereocenters. The summed E-state index contributed by atoms with van der Waals surface area (Å²) in [5.41, 5.74) is 6.84. The molecule has 3 N–H and O–H groups in total. The van der Waals surface area contributed by atoms with Gasteiger partial charge in [-0.15, -0.1) is 0 Å². The summed E-state index contributed by atoms with van der Waals surface area (Å²) in [6.45, 7) is 4.86. The number of hydrogen-bond donors (Lipinski definition) is 2. The zero-order valence-electron chi connectivity index (χ0n) is 17.2. The molecule has 0 bridgehead atoms. The molecular weight excluding hydrogens is 431 g/mol. The Morgan fingerprint density at radius 1 is 1.26 bits per heavy atom. The highest BCUT2D eigenvalue weighted by Crippen LogP contribution is 2.49. The van der Waals surface area contributed by atoms with Crippen molar-refractivity contribution in [2.45, 2.75) is 44.2 Å². The Hall–Kier alpha value is -1.70. The molecular formula is C17H25N6O7P. The SMILES string of the molecule is CC1(C)OC2[C@@H](COP(=O)(O)N3CCOCC3)O[C@@H](n3cnc4c(N)ncnc43)[C@H]2O1. The largest absolute Gasteiger partial charge is 0.405 e. The van der Waals surface area contributed by atoms with E-state index < -0.39 is 38.1 Å². The third-order valence-corrected chi connectivity index (χ3v) is 7.14. The van der Waals surface area contributed by atoms with Crippen molar-refractivity contribution in [3.8, 4) is 0 Å². The molecule has 3 aliphatic heterocycles. The first-order valence-corrected chi connectivity index (χ1v) is 11.5. The molecule has 3 saturated heterocycles. The van der Waals surface area contributed by atoms with Crippen LogP contribution in [0.1, 0.15) is 20.1 Å². The number of nitrogen functional groups attached to an aromatic ring is 1. The van der Waals surface area contributed by atoms with Gasteiger partial charge < -0.3 is 29.6 Å². The molecule has 31 heavy (non-hydrogen) atoms. The van der Waals surface area contributed by atoms with Gasteiger partial charge >= 0.3 is 7.75 Å². The lowest BCUT2D eigenvalue weighted by atomic mass is 10.1. The second-order valence-corrected chi connectivity index (χ2v) is 9.87. The summed E-state index contributed by atoms with van der Waals surface area (Å²) in [4.78, 5) is 22.9. The van der Waals surface area contributed by atoms with E-state index in [1.165, 1.54) is 11.0 Å². The number of ether oxygens (including phenoxy) is 4. The van der Waals surface area contributed by atoms with Gasteiger partial charge in [-0.2, -0.15) is 0 Å². The van der Waals surface area contributed by atoms with Crippen molar-refractivity contribution < 1.29 is 32.9 Å². The second kappa shape index (κ2) is 7.71. The summed E-state index contributed by atoms with van der Waals surface area (Å²) in [6.07, 6.45) is 0.611. The predicted molar refractivity (Wildman–Crippen MR) is 106 cm³/mol. The standard InChI is InChI=1S/C17H25N6O7P/c1-17(2)29-12-10(7-27-31(24,25)22-3-5-26-6-4-22)28-16(13(12)30-17)23-9-21-11-14(18)19-8-20-15(11)23/h8-10,12-13,16H,3-7H2,1-2H3,(H,24,25)(H2,18,19,20)/t10-,12?,13+,16-/m1/s1. The van der Waals surface area contributed by atoms with Crippen LogP contribution in [0, 0.1) is 0 Å². The van der Waals surface area contributed by atoms with Crippen molar-refractivity contribution in [1.29, 1.82) is 0 Å². The predicted octanol–water partition coefficient (Wildman–Crippen LogP) is 0.275. The molecule has 0 saturated carbocycles. The van der Waals surface area contributed by atoms with Crippen molar-refractivity contribution in [1.82, 2.24) is 24.2 Å². The average Bonchev–Trinajstić information content (AvgIpc) is 3.39. The lowest BCUT2D eigenvalue weighted by molar-refractivity contribution is -0.199. The van der Waals surface area contributed by atoms with Crippen LogP contribution in [-0.2, 0) is 28.0 Å². The first-order chi connectivity index (χ1) is 14.8. The molecule has 0 amide bonds. The molecule has 0 aliphatic carbocycles. The number of nitrogens with zero attached hydrogens (tertiary/aromatic N) is 5. The number of nitrogens with two attached hydrogens (primary N) is 1. The molecule has 2 aromatic heterocycles. The van der Waals surface area contributed by atoms with Gasteiger partial charge in [0.15, 0.2) is 23.5 Å². The number of hydrogen-bond acceptors (Lipinski definition) is 10. The number of morpholine rings is 1. The summed E-state index contributed by atoms with van der Waals surface area (Å²) in [6, 6.07) is 0. The van der Waals surface area contributed by atoms with E-state index in [9.17, 15) is 9.46 Å². The summed E-state index contributed by atoms with van der Waals surface area (Å²) in [5.74, 6) is -0.596. The maximum absolute atomic E-state index is 12.7. The molecule has 3 fully saturated rings. The van der Waals surface area contributed by atoms with Gasteiger partial charge in [-0.3, -0.25) is 9.09 Å². The third kappa shape index (κ3) is 3.85. The molecule has 13 nitrogen and oxygen atoms in total. The Morgan fingerprint density at radius 2 is 2.00 bits per heavy atom. The molecule has 2 aromatic rings. The highest BCUT2D eigenvalue weighted by Gasteiger charge is 2.56. The van der Waals surface area contributed by atoms with E-state index in [2.05, 4.69) is 15.0 Å². The highest BCUT2D eigenvalue weighted by molar-refractivity contribution is 7.50. The van der Waals surface area contributed by atoms with Crippen molar-refractivity contribution in [3.63, 3.8) is 0 Å². The van der Waals surface area contributed by atoms with Gasteiger partial charge in [0.25, 0.3) is 0 Å². The number of rotatable bonds is 5. The molecule has 0 radical (unpaired) electrons. The van der Waals surface area contributed by atoms with Crippen LogP contribution in [0.4, 0.5) is 5.82 Å². The van der Waals surface area contributed by atoms with Gasteiger partial charge in [0, 0.05) is 13.1 Å². The number of fused-ring (bicyclic) bond motifs is 2. The molecule has 2 unspecified atom stereocenters. The van der Waals surface area contributed by atoms with E-state index >= 15 is 0 Å². The van der Waals surface area contributed by atoms with E-state index in [0.29, 0.717) is 37.5 Å². The van der Waals surface area contributed by atoms with Crippen LogP contribution in [0.5, 0.6) is 0 Å². The normalized spacial score (nSPS) is 32.9. The minimum absolute atomic E-state index is 0.147. The van der Waals surface area contributed by atoms with Gasteiger partial charge in [0.1, 0.15) is 30.2 Å². The Bertz CT molecular complexity index is 1010. The molecule has 170 valence electrons. The van der Waals surface area contributed by atoms with E-state index in [0.717, 1.165) is 0 Å². The second-order valence-electron chi connectivity index (χ2n) is 8.07. The fourth-order valence-corrected chi connectivity index (χ4v) is 5.31. The van der Waals surface area contributed by atoms with Gasteiger partial charge in [-0.25, -0.2) is 24.2 Å². The number of anilines is 1. The van der Waals surface area contributed by atoms with Crippen LogP contribution in [0.2, 0.25) is 0 Å². The van der Waals surface area contributed by atoms with E-state index in [4.69, 9.17) is 29.2 Å². The summed E-state index contributed by atoms with van der Waals surface area (Å²) < 4.78 is 44.8. The maximum Gasteiger partial charge on any atom is 0.405 e. The molecule has 0 spiro atoms. The first-order valence-electron chi connectivity index (χ1n) is 10.00. The molecule has 5 rings (SSSR count). The van der Waals surface area contributed by atoms with Crippen molar-refractivity contribution in [2.75, 3.05) is 38.6 Å². The molecule has 0 aromatic carbocycles. The minimum atomic E-state index is -3.99. The minimum Gasteiger partial charge on any atom is -0.382 e. The maximum atomic E-state index is 12.7. The van der Waals surface area contributed by atoms with Crippen molar-refractivity contribution in [3.05, 3.63) is 12.7 Å². The third-order valence-electron chi connectivity index (χ3n) is 5.54. The van der Waals surface area contributed by atoms with E-state index in [1.54, 1.807) is 24.7 Å². The van der Waals surface area contributed by atoms with Crippen molar-refractivity contribution in [2.24, 2.45) is 0 Å². The van der Waals surface area contributed by atoms with Gasteiger partial charge in [-0.1, -0.05) is 0 Å². The fraction of sp³-hybridized carbons (Fsp3) is 0.706. The highest BCUT2D eigenvalue weighted by atomic mass is 31.2. The van der Waals surface area contributed by atoms with Crippen LogP contribution in [-0.4, -0.2) is 86.1 Å². The Kier molecular flexibility index (Phi) is 5.26. The zero-order chi connectivity index (χ0) is 21.8. The van der Waals surface area contributed by atoms with Gasteiger partial charge in [0.2, 0.25) is 0 Å². The Morgan fingerprint density at radius 3 is 2.77 bits per heavy atom. The average molecular weight is 456 g/mol. The topological polar surface area (TPSA) is 156 Å². The van der Waals surface area contributed by atoms with Crippen molar-refractivity contribution >= 4 is 24.7 Å². The summed E-state index contributed by atoms with van der Waals surface area (Å²) >= 11 is 0. The summed E-state index contributed by atoms with van der Waals surface area (Å²) in [7, 11) is -3.99. The molecule has 14 heteroatoms. The van der Waals surface area contributed by atoms with Crippen LogP contribution < -0.4 is 5.73 Å². The van der Waals surface area contributed by atoms with Crippen LogP contribution in [0.25, 0.3) is 11.2 Å². The van der Waals surface area contributed by atoms with Crippen LogP contribution in [0.3, 0.4) is 0 Å². The monoisotopic (exact) mass is 456 g/mol. The Labute approximate surface area is 178 Å². The Balaban J connectivity index is 1.38. The molecule has 5 heterocycles. The quantitative estimate of drug-likeness (QED) is 0.593. The number of aromatic nitrogens is 4. The fourth-order valence-electron chi connectivity index (χ4n) is 4.13. The smallest absolute Gasteiger partial charge is 0.382 e. The van der Waals surface area contributed by atoms with E-state index in [-0.39, 0.29) is 12.4 Å². The van der Waals surface area contributed by atoms with Crippen LogP contribution >= 0.6 is 7.75 Å². The number of imidazole rings is 1. The van der Waals surface area contributed by atoms with Gasteiger partial charge in [0.05, 0.1) is 26.1 Å². The lowest BCUT2D eigenvalue weighted by Crippen LogP contribution is -2.36. The summed E-state index contributed by atoms with van der Waals surface area (Å²) in [5, 5.41) is 0. The zero-order valence-corrected chi connectivity index (χ0v) is 18.1. The first kappa shape index (κ1) is 21.2.